The van der Waals surface area contributed by atoms with Crippen LogP contribution < -0.4 is 11.5 Å². The lowest BCUT2D eigenvalue weighted by Gasteiger charge is -2.11. The van der Waals surface area contributed by atoms with Gasteiger partial charge in [0.15, 0.2) is 0 Å². The van der Waals surface area contributed by atoms with Crippen LogP contribution in [0.4, 0.5) is 0 Å². The van der Waals surface area contributed by atoms with Gasteiger partial charge in [-0.2, -0.15) is 0 Å². The second-order valence-corrected chi connectivity index (χ2v) is 4.22. The SMILES string of the molecule is NC(=O)c1ccc2c(C(N)=O)c1-c1ccc-2cc1. The Morgan fingerprint density at radius 2 is 1.39 bits per heavy atom. The van der Waals surface area contributed by atoms with Crippen LogP contribution in [0.3, 0.4) is 0 Å². The molecule has 0 saturated heterocycles. The first-order valence-electron chi connectivity index (χ1n) is 5.47. The molecule has 0 saturated carbocycles. The molecular formula is C14H10N2O2. The number of carbonyl (C=O) groups is 2. The van der Waals surface area contributed by atoms with Gasteiger partial charge in [0.05, 0.1) is 5.56 Å². The van der Waals surface area contributed by atoms with Gasteiger partial charge in [-0.25, -0.2) is 0 Å². The number of hydrogen-bond acceptors (Lipinski definition) is 2. The Hall–Kier alpha value is -2.62. The summed E-state index contributed by atoms with van der Waals surface area (Å²) in [6, 6.07) is 10.9. The standard InChI is InChI=1S/C14H10N2O2/c15-13(17)10-6-5-9-7-1-3-8(4-2-7)11(10)12(9)14(16)18/h1-6H,(H2,15,17)(H2,16,18). The van der Waals surface area contributed by atoms with E-state index in [2.05, 4.69) is 0 Å². The summed E-state index contributed by atoms with van der Waals surface area (Å²) < 4.78 is 0. The molecule has 2 aliphatic carbocycles. The van der Waals surface area contributed by atoms with Crippen LogP contribution in [-0.2, 0) is 0 Å². The third-order valence-corrected chi connectivity index (χ3v) is 3.20. The molecule has 0 fully saturated rings. The Bertz CT molecular complexity index is 688. The predicted molar refractivity (Wildman–Crippen MR) is 67.9 cm³/mol. The second kappa shape index (κ2) is 3.43. The van der Waals surface area contributed by atoms with Gasteiger partial charge in [-0.3, -0.25) is 9.59 Å². The molecule has 4 nitrogen and oxygen atoms in total. The van der Waals surface area contributed by atoms with Crippen molar-refractivity contribution in [1.29, 1.82) is 0 Å². The van der Waals surface area contributed by atoms with E-state index in [1.807, 2.05) is 24.3 Å². The van der Waals surface area contributed by atoms with Gasteiger partial charge in [-0.05, 0) is 22.8 Å². The molecule has 18 heavy (non-hydrogen) atoms. The fourth-order valence-corrected chi connectivity index (χ4v) is 2.42. The largest absolute Gasteiger partial charge is 0.366 e. The zero-order chi connectivity index (χ0) is 12.9. The lowest BCUT2D eigenvalue weighted by atomic mass is 9.92. The van der Waals surface area contributed by atoms with Gasteiger partial charge in [-0.15, -0.1) is 0 Å². The fourth-order valence-electron chi connectivity index (χ4n) is 2.42. The van der Waals surface area contributed by atoms with E-state index in [0.29, 0.717) is 16.7 Å². The highest BCUT2D eigenvalue weighted by molar-refractivity contribution is 6.13. The van der Waals surface area contributed by atoms with Gasteiger partial charge in [0.1, 0.15) is 0 Å². The molecule has 4 rings (SSSR count). The van der Waals surface area contributed by atoms with Crippen molar-refractivity contribution in [2.24, 2.45) is 11.5 Å². The molecule has 0 unspecified atom stereocenters. The molecule has 0 aromatic heterocycles. The number of primary amides is 2. The smallest absolute Gasteiger partial charge is 0.249 e. The van der Waals surface area contributed by atoms with Crippen molar-refractivity contribution in [3.8, 4) is 22.3 Å². The van der Waals surface area contributed by atoms with E-state index < -0.39 is 11.8 Å². The number of rotatable bonds is 2. The molecular weight excluding hydrogens is 228 g/mol. The molecule has 88 valence electrons. The first kappa shape index (κ1) is 10.5. The van der Waals surface area contributed by atoms with Crippen LogP contribution in [0.2, 0.25) is 0 Å². The summed E-state index contributed by atoms with van der Waals surface area (Å²) in [5.74, 6) is -1.12. The molecule has 0 spiro atoms. The first-order valence-corrected chi connectivity index (χ1v) is 5.47. The number of nitrogens with two attached hydrogens (primary N) is 2. The van der Waals surface area contributed by atoms with Crippen LogP contribution >= 0.6 is 0 Å². The van der Waals surface area contributed by atoms with Crippen molar-refractivity contribution in [2.45, 2.75) is 0 Å². The summed E-state index contributed by atoms with van der Waals surface area (Å²) in [4.78, 5) is 23.1. The summed E-state index contributed by atoms with van der Waals surface area (Å²) in [5, 5.41) is 0. The molecule has 4 bridgehead atoms. The van der Waals surface area contributed by atoms with Crippen molar-refractivity contribution >= 4 is 11.8 Å². The van der Waals surface area contributed by atoms with Crippen LogP contribution in [0.5, 0.6) is 0 Å². The van der Waals surface area contributed by atoms with Gasteiger partial charge in [-0.1, -0.05) is 30.3 Å². The molecule has 2 aromatic rings. The Morgan fingerprint density at radius 1 is 0.778 bits per heavy atom. The van der Waals surface area contributed by atoms with Crippen molar-refractivity contribution < 1.29 is 9.59 Å². The summed E-state index contributed by atoms with van der Waals surface area (Å²) in [6.45, 7) is 0. The Morgan fingerprint density at radius 3 is 1.94 bits per heavy atom. The van der Waals surface area contributed by atoms with Crippen molar-refractivity contribution in [1.82, 2.24) is 0 Å². The second-order valence-electron chi connectivity index (χ2n) is 4.22. The first-order chi connectivity index (χ1) is 8.59. The minimum Gasteiger partial charge on any atom is -0.366 e. The van der Waals surface area contributed by atoms with Crippen LogP contribution in [0, 0.1) is 0 Å². The van der Waals surface area contributed by atoms with Gasteiger partial charge >= 0.3 is 0 Å². The molecule has 4 N–H and O–H groups in total. The molecule has 2 aromatic carbocycles. The number of fused-ring (bicyclic) bond motifs is 2. The summed E-state index contributed by atoms with van der Waals surface area (Å²) >= 11 is 0. The summed E-state index contributed by atoms with van der Waals surface area (Å²) in [6.07, 6.45) is 0. The topological polar surface area (TPSA) is 86.2 Å². The van der Waals surface area contributed by atoms with Gasteiger partial charge in [0.2, 0.25) is 11.8 Å². The van der Waals surface area contributed by atoms with Crippen LogP contribution in [-0.4, -0.2) is 11.8 Å². The van der Waals surface area contributed by atoms with E-state index >= 15 is 0 Å². The molecule has 0 radical (unpaired) electrons. The monoisotopic (exact) mass is 238 g/mol. The maximum atomic E-state index is 11.7. The number of carbonyl (C=O) groups excluding carboxylic acids is 2. The summed E-state index contributed by atoms with van der Waals surface area (Å²) in [5.41, 5.74) is 14.4. The molecule has 2 amide bonds. The lowest BCUT2D eigenvalue weighted by molar-refractivity contribution is 0.0999. The normalized spacial score (nSPS) is 11.1. The molecule has 2 aliphatic rings. The van der Waals surface area contributed by atoms with Crippen molar-refractivity contribution in [3.05, 3.63) is 47.5 Å². The maximum Gasteiger partial charge on any atom is 0.249 e. The predicted octanol–water partition coefficient (Wildman–Crippen LogP) is 1.53. The van der Waals surface area contributed by atoms with Crippen LogP contribution in [0.25, 0.3) is 22.3 Å². The van der Waals surface area contributed by atoms with E-state index in [1.165, 1.54) is 0 Å². The lowest BCUT2D eigenvalue weighted by Crippen LogP contribution is -2.18. The van der Waals surface area contributed by atoms with Gasteiger partial charge in [0, 0.05) is 11.1 Å². The third kappa shape index (κ3) is 1.26. The Kier molecular flexibility index (Phi) is 2.01. The molecule has 0 aliphatic heterocycles. The fraction of sp³-hybridized carbons (Fsp3) is 0. The highest BCUT2D eigenvalue weighted by Crippen LogP contribution is 2.39. The zero-order valence-corrected chi connectivity index (χ0v) is 9.44. The van der Waals surface area contributed by atoms with E-state index in [0.717, 1.165) is 16.7 Å². The maximum absolute atomic E-state index is 11.7. The van der Waals surface area contributed by atoms with E-state index in [4.69, 9.17) is 11.5 Å². The number of amides is 2. The van der Waals surface area contributed by atoms with Crippen molar-refractivity contribution in [2.75, 3.05) is 0 Å². The minimum absolute atomic E-state index is 0.319. The quantitative estimate of drug-likeness (QED) is 0.709. The van der Waals surface area contributed by atoms with Crippen LogP contribution in [0.1, 0.15) is 20.7 Å². The average Bonchev–Trinajstić information content (AvgIpc) is 2.52. The number of benzene rings is 2. The van der Waals surface area contributed by atoms with Crippen molar-refractivity contribution in [3.63, 3.8) is 0 Å². The minimum atomic E-state index is -0.566. The Labute approximate surface area is 103 Å². The third-order valence-electron chi connectivity index (χ3n) is 3.20. The number of hydrogen-bond donors (Lipinski definition) is 2. The zero-order valence-electron chi connectivity index (χ0n) is 9.44. The summed E-state index contributed by atoms with van der Waals surface area (Å²) in [7, 11) is 0. The van der Waals surface area contributed by atoms with E-state index in [9.17, 15) is 9.59 Å². The Balaban J connectivity index is 2.51. The highest BCUT2D eigenvalue weighted by Gasteiger charge is 2.24. The van der Waals surface area contributed by atoms with Crippen LogP contribution in [0.15, 0.2) is 36.4 Å². The van der Waals surface area contributed by atoms with Gasteiger partial charge in [0.25, 0.3) is 0 Å². The molecule has 0 atom stereocenters. The molecule has 0 heterocycles. The van der Waals surface area contributed by atoms with E-state index in [-0.39, 0.29) is 0 Å². The van der Waals surface area contributed by atoms with Gasteiger partial charge < -0.3 is 11.5 Å². The average molecular weight is 238 g/mol. The highest BCUT2D eigenvalue weighted by atomic mass is 16.1. The van der Waals surface area contributed by atoms with E-state index in [1.54, 1.807) is 12.1 Å². The molecule has 4 heteroatoms.